The van der Waals surface area contributed by atoms with Gasteiger partial charge < -0.3 is 19.5 Å². The maximum Gasteiger partial charge on any atom is 0.509 e. The highest BCUT2D eigenvalue weighted by molar-refractivity contribution is 7.92. The number of alkyl halides is 4. The van der Waals surface area contributed by atoms with E-state index in [1.807, 2.05) is 0 Å². The molecule has 9 nitrogen and oxygen atoms in total. The normalized spacial score (nSPS) is 24.1. The van der Waals surface area contributed by atoms with Gasteiger partial charge in [0.25, 0.3) is 10.0 Å². The topological polar surface area (TPSA) is 113 Å². The molecule has 1 N–H and O–H groups in total. The summed E-state index contributed by atoms with van der Waals surface area (Å²) >= 11 is 0. The molecule has 1 spiro atoms. The first-order chi connectivity index (χ1) is 19.2. The highest BCUT2D eigenvalue weighted by Crippen LogP contribution is 2.43. The van der Waals surface area contributed by atoms with Gasteiger partial charge in [0.1, 0.15) is 19.1 Å². The number of carbonyl (C=O) groups is 2. The molecule has 0 aliphatic carbocycles. The average Bonchev–Trinajstić information content (AvgIpc) is 3.51. The monoisotopic (exact) mass is 604 g/mol. The maximum atomic E-state index is 13.8. The van der Waals surface area contributed by atoms with E-state index in [1.165, 1.54) is 4.90 Å². The first-order valence-corrected chi connectivity index (χ1v) is 14.1. The lowest BCUT2D eigenvalue weighted by molar-refractivity contribution is -0.271. The van der Waals surface area contributed by atoms with Gasteiger partial charge in [0.05, 0.1) is 23.2 Å². The molecule has 222 valence electrons. The molecule has 2 aromatic carbocycles. The first-order valence-electron chi connectivity index (χ1n) is 12.6. The van der Waals surface area contributed by atoms with Crippen molar-refractivity contribution >= 4 is 27.8 Å². The van der Waals surface area contributed by atoms with Gasteiger partial charge in [0.2, 0.25) is 11.5 Å². The fourth-order valence-corrected chi connectivity index (χ4v) is 7.17. The van der Waals surface area contributed by atoms with Crippen molar-refractivity contribution in [1.29, 1.82) is 0 Å². The number of ether oxygens (including phenoxy) is 2. The van der Waals surface area contributed by atoms with E-state index in [4.69, 9.17) is 9.47 Å². The number of nitrogens with zero attached hydrogens (tertiary/aromatic N) is 2. The van der Waals surface area contributed by atoms with E-state index in [-0.39, 0.29) is 55.1 Å². The Morgan fingerprint density at radius 1 is 1.15 bits per heavy atom. The Labute approximate surface area is 231 Å². The standard InChI is InChI=1S/C26H25F5N2O7S/c27-13-25(36,26(29,30)31)17-2-8-21-16(11-17)1-5-19(33(21)41(37,38)20-6-3-18(28)4-7-20)12-22(34)32-10-9-24(14-32)15-39-23(35)40-24/h2-4,6-8,11,19,36H,1,5,9-10,12-15H2/t19-,24?,25?/m0/s1. The molecule has 3 atom stereocenters. The molecule has 41 heavy (non-hydrogen) atoms. The highest BCUT2D eigenvalue weighted by Gasteiger charge is 2.56. The Bertz CT molecular complexity index is 1470. The minimum atomic E-state index is -5.34. The number of rotatable bonds is 6. The number of halogens is 5. The van der Waals surface area contributed by atoms with Crippen LogP contribution in [0.2, 0.25) is 0 Å². The molecule has 5 rings (SSSR count). The Kier molecular flexibility index (Phi) is 7.17. The number of hydrogen-bond donors (Lipinski definition) is 1. The molecule has 2 fully saturated rings. The van der Waals surface area contributed by atoms with Gasteiger partial charge in [-0.3, -0.25) is 9.10 Å². The number of fused-ring (bicyclic) bond motifs is 1. The summed E-state index contributed by atoms with van der Waals surface area (Å²) < 4.78 is 106. The lowest BCUT2D eigenvalue weighted by atomic mass is 9.88. The number of anilines is 1. The number of hydrogen-bond acceptors (Lipinski definition) is 7. The van der Waals surface area contributed by atoms with Crippen molar-refractivity contribution in [2.24, 2.45) is 0 Å². The molecule has 1 amide bonds. The molecule has 15 heteroatoms. The summed E-state index contributed by atoms with van der Waals surface area (Å²) in [6.07, 6.45) is -6.15. The van der Waals surface area contributed by atoms with Crippen molar-refractivity contribution in [1.82, 2.24) is 4.90 Å². The number of amides is 1. The zero-order valence-electron chi connectivity index (χ0n) is 21.4. The minimum absolute atomic E-state index is 0.000229. The smallest absolute Gasteiger partial charge is 0.430 e. The maximum absolute atomic E-state index is 13.8. The van der Waals surface area contributed by atoms with Crippen molar-refractivity contribution in [3.05, 3.63) is 59.4 Å². The van der Waals surface area contributed by atoms with Crippen LogP contribution in [0.25, 0.3) is 0 Å². The van der Waals surface area contributed by atoms with E-state index in [0.29, 0.717) is 6.42 Å². The Morgan fingerprint density at radius 3 is 2.46 bits per heavy atom. The third-order valence-corrected chi connectivity index (χ3v) is 9.62. The van der Waals surface area contributed by atoms with Crippen LogP contribution < -0.4 is 4.31 Å². The number of cyclic esters (lactones) is 1. The SMILES string of the molecule is O=C1OCC2(CCN(C(=O)C[C@@H]3CCc4cc(C(O)(CF)C(F)(F)F)ccc4N3S(=O)(=O)c3ccc(F)cc3)C2)O1. The molecule has 0 radical (unpaired) electrons. The zero-order chi connectivity index (χ0) is 29.8. The number of benzene rings is 2. The second-order valence-corrected chi connectivity index (χ2v) is 12.2. The van der Waals surface area contributed by atoms with Gasteiger partial charge in [-0.2, -0.15) is 13.2 Å². The summed E-state index contributed by atoms with van der Waals surface area (Å²) in [5.74, 6) is -1.14. The van der Waals surface area contributed by atoms with Gasteiger partial charge >= 0.3 is 12.3 Å². The van der Waals surface area contributed by atoms with Gasteiger partial charge in [-0.15, -0.1) is 0 Å². The molecule has 2 unspecified atom stereocenters. The van der Waals surface area contributed by atoms with Crippen LogP contribution in [0, 0.1) is 5.82 Å². The van der Waals surface area contributed by atoms with Crippen LogP contribution in [0.4, 0.5) is 32.4 Å². The lowest BCUT2D eigenvalue weighted by Gasteiger charge is -2.39. The molecule has 2 aromatic rings. The van der Waals surface area contributed by atoms with Gasteiger partial charge in [0.15, 0.2) is 5.60 Å². The van der Waals surface area contributed by atoms with E-state index >= 15 is 0 Å². The number of sulfonamides is 1. The summed E-state index contributed by atoms with van der Waals surface area (Å²) in [4.78, 5) is 25.9. The number of aryl methyl sites for hydroxylation is 1. The van der Waals surface area contributed by atoms with Crippen molar-refractivity contribution in [3.8, 4) is 0 Å². The molecule has 3 aliphatic rings. The van der Waals surface area contributed by atoms with Crippen molar-refractivity contribution in [3.63, 3.8) is 0 Å². The minimum Gasteiger partial charge on any atom is -0.430 e. The molecule has 0 saturated carbocycles. The third kappa shape index (κ3) is 5.09. The Balaban J connectivity index is 1.49. The van der Waals surface area contributed by atoms with Crippen LogP contribution in [0.15, 0.2) is 47.4 Å². The van der Waals surface area contributed by atoms with Crippen molar-refractivity contribution in [2.75, 3.05) is 30.7 Å². The van der Waals surface area contributed by atoms with Crippen LogP contribution in [0.3, 0.4) is 0 Å². The largest absolute Gasteiger partial charge is 0.509 e. The van der Waals surface area contributed by atoms with Crippen LogP contribution in [0.5, 0.6) is 0 Å². The molecule has 0 aromatic heterocycles. The van der Waals surface area contributed by atoms with Crippen molar-refractivity contribution in [2.45, 2.75) is 54.0 Å². The summed E-state index contributed by atoms with van der Waals surface area (Å²) in [7, 11) is -4.47. The van der Waals surface area contributed by atoms with E-state index < -0.39 is 63.6 Å². The number of aliphatic hydroxyl groups is 1. The Hall–Kier alpha value is -3.46. The molecule has 0 bridgehead atoms. The highest BCUT2D eigenvalue weighted by atomic mass is 32.2. The van der Waals surface area contributed by atoms with Gasteiger partial charge in [-0.1, -0.05) is 12.1 Å². The Morgan fingerprint density at radius 2 is 1.85 bits per heavy atom. The summed E-state index contributed by atoms with van der Waals surface area (Å²) in [5, 5.41) is 10.1. The molecule has 3 aliphatic heterocycles. The fourth-order valence-electron chi connectivity index (χ4n) is 5.46. The zero-order valence-corrected chi connectivity index (χ0v) is 22.2. The van der Waals surface area contributed by atoms with Crippen LogP contribution >= 0.6 is 0 Å². The van der Waals surface area contributed by atoms with E-state index in [0.717, 1.165) is 46.8 Å². The number of likely N-dealkylation sites (tertiary alicyclic amines) is 1. The van der Waals surface area contributed by atoms with E-state index in [2.05, 4.69) is 0 Å². The molecule has 2 saturated heterocycles. The second kappa shape index (κ2) is 10.1. The summed E-state index contributed by atoms with van der Waals surface area (Å²) in [6.45, 7) is -1.90. The van der Waals surface area contributed by atoms with Crippen LogP contribution in [-0.2, 0) is 36.3 Å². The first kappa shape index (κ1) is 29.0. The molecular formula is C26H25F5N2O7S. The van der Waals surface area contributed by atoms with Gasteiger partial charge in [-0.05, 0) is 54.3 Å². The van der Waals surface area contributed by atoms with Crippen molar-refractivity contribution < 1.29 is 54.5 Å². The lowest BCUT2D eigenvalue weighted by Crippen LogP contribution is -2.47. The number of carbonyl (C=O) groups excluding carboxylic acids is 2. The van der Waals surface area contributed by atoms with Crippen LogP contribution in [-0.4, -0.2) is 74.7 Å². The van der Waals surface area contributed by atoms with Gasteiger partial charge in [-0.25, -0.2) is 22.0 Å². The predicted molar refractivity (Wildman–Crippen MR) is 132 cm³/mol. The van der Waals surface area contributed by atoms with E-state index in [9.17, 15) is 45.1 Å². The fraction of sp³-hybridized carbons (Fsp3) is 0.462. The predicted octanol–water partition coefficient (Wildman–Crippen LogP) is 3.58. The summed E-state index contributed by atoms with van der Waals surface area (Å²) in [5.41, 5.74) is -5.54. The molecular weight excluding hydrogens is 579 g/mol. The third-order valence-electron chi connectivity index (χ3n) is 7.74. The summed E-state index contributed by atoms with van der Waals surface area (Å²) in [6, 6.07) is 5.66. The van der Waals surface area contributed by atoms with E-state index in [1.54, 1.807) is 0 Å². The van der Waals surface area contributed by atoms with Gasteiger partial charge in [0, 0.05) is 19.4 Å². The molecule has 3 heterocycles. The average molecular weight is 605 g/mol. The van der Waals surface area contributed by atoms with Crippen LogP contribution in [0.1, 0.15) is 30.4 Å². The second-order valence-electron chi connectivity index (χ2n) is 10.4. The quantitative estimate of drug-likeness (QED) is 0.396.